The van der Waals surface area contributed by atoms with E-state index < -0.39 is 6.10 Å². The maximum Gasteiger partial charge on any atom is 0.306 e. The summed E-state index contributed by atoms with van der Waals surface area (Å²) < 4.78 is 16.9. The van der Waals surface area contributed by atoms with Crippen molar-refractivity contribution in [2.45, 2.75) is 412 Å². The summed E-state index contributed by atoms with van der Waals surface area (Å²) in [5, 5.41) is 0. The lowest BCUT2D eigenvalue weighted by Crippen LogP contribution is -2.30. The number of allylic oxidation sites excluding steroid dienone is 2. The Morgan fingerprint density at radius 1 is 0.247 bits per heavy atom. The number of rotatable bonds is 66. The van der Waals surface area contributed by atoms with Crippen LogP contribution >= 0.6 is 0 Å². The first kappa shape index (κ1) is 75.2. The van der Waals surface area contributed by atoms with E-state index in [-0.39, 0.29) is 31.1 Å². The lowest BCUT2D eigenvalue weighted by molar-refractivity contribution is -0.167. The minimum absolute atomic E-state index is 0.0628. The normalized spacial score (nSPS) is 12.0. The van der Waals surface area contributed by atoms with Gasteiger partial charge < -0.3 is 14.2 Å². The number of unbranched alkanes of at least 4 members (excludes halogenated alkanes) is 53. The third-order valence-electron chi connectivity index (χ3n) is 16.3. The molecule has 0 saturated heterocycles. The van der Waals surface area contributed by atoms with E-state index in [0.717, 1.165) is 57.8 Å². The molecule has 0 radical (unpaired) electrons. The van der Waals surface area contributed by atoms with Gasteiger partial charge in [-0.15, -0.1) is 0 Å². The molecule has 0 fully saturated rings. The highest BCUT2D eigenvalue weighted by atomic mass is 16.6. The van der Waals surface area contributed by atoms with Gasteiger partial charge in [-0.1, -0.05) is 354 Å². The maximum absolute atomic E-state index is 12.9. The molecular weight excluding hydrogens is 949 g/mol. The second-order valence-electron chi connectivity index (χ2n) is 24.2. The topological polar surface area (TPSA) is 78.9 Å². The molecule has 1 atom stereocenters. The lowest BCUT2D eigenvalue weighted by atomic mass is 10.0. The summed E-state index contributed by atoms with van der Waals surface area (Å²) in [5.41, 5.74) is 0. The summed E-state index contributed by atoms with van der Waals surface area (Å²) in [7, 11) is 0. The van der Waals surface area contributed by atoms with Gasteiger partial charge in [0, 0.05) is 19.3 Å². The number of hydrogen-bond acceptors (Lipinski definition) is 6. The van der Waals surface area contributed by atoms with Crippen molar-refractivity contribution < 1.29 is 28.6 Å². The zero-order chi connectivity index (χ0) is 55.7. The van der Waals surface area contributed by atoms with Crippen LogP contribution in [-0.4, -0.2) is 37.2 Å². The third-order valence-corrected chi connectivity index (χ3v) is 16.3. The van der Waals surface area contributed by atoms with Crippen molar-refractivity contribution >= 4 is 17.9 Å². The van der Waals surface area contributed by atoms with Crippen LogP contribution in [0.5, 0.6) is 0 Å². The highest BCUT2D eigenvalue weighted by molar-refractivity contribution is 5.71. The second-order valence-corrected chi connectivity index (χ2v) is 24.2. The Hall–Kier alpha value is -1.85. The van der Waals surface area contributed by atoms with E-state index >= 15 is 0 Å². The van der Waals surface area contributed by atoms with E-state index in [1.165, 1.54) is 308 Å². The molecule has 1 unspecified atom stereocenters. The number of esters is 3. The average Bonchev–Trinajstić information content (AvgIpc) is 3.43. The first-order chi connectivity index (χ1) is 38.0. The molecule has 0 aromatic carbocycles. The molecule has 0 bridgehead atoms. The standard InChI is InChI=1S/C71H136O6/c1-4-7-10-13-16-18-20-22-24-26-28-30-31-32-33-34-35-36-37-38-39-41-42-44-46-48-50-52-55-58-61-64-70(73)76-67-68(66-75-69(72)63-60-57-54-15-12-9-6-3)77-71(74)65-62-59-56-53-51-49-47-45-43-40-29-27-25-23-21-19-17-14-11-8-5-2/h26,28,68H,4-25,27,29-67H2,1-3H3/b28-26-. The summed E-state index contributed by atoms with van der Waals surface area (Å²) in [4.78, 5) is 38.1. The zero-order valence-electron chi connectivity index (χ0n) is 52.5. The van der Waals surface area contributed by atoms with Crippen LogP contribution in [0.25, 0.3) is 0 Å². The molecule has 0 amide bonds. The fourth-order valence-corrected chi connectivity index (χ4v) is 11.0. The summed E-state index contributed by atoms with van der Waals surface area (Å²) in [6.45, 7) is 6.68. The molecule has 77 heavy (non-hydrogen) atoms. The van der Waals surface area contributed by atoms with Crippen LogP contribution < -0.4 is 0 Å². The second kappa shape index (κ2) is 66.7. The molecule has 0 rings (SSSR count). The van der Waals surface area contributed by atoms with Gasteiger partial charge in [0.2, 0.25) is 0 Å². The van der Waals surface area contributed by atoms with Gasteiger partial charge in [-0.05, 0) is 44.9 Å². The number of carbonyl (C=O) groups is 3. The van der Waals surface area contributed by atoms with E-state index in [4.69, 9.17) is 14.2 Å². The van der Waals surface area contributed by atoms with Crippen LogP contribution in [0.3, 0.4) is 0 Å². The fraction of sp³-hybridized carbons (Fsp3) is 0.930. The molecule has 0 aliphatic heterocycles. The summed E-state index contributed by atoms with van der Waals surface area (Å²) in [6.07, 6.45) is 80.0. The molecule has 6 nitrogen and oxygen atoms in total. The number of ether oxygens (including phenoxy) is 3. The maximum atomic E-state index is 12.9. The lowest BCUT2D eigenvalue weighted by Gasteiger charge is -2.18. The highest BCUT2D eigenvalue weighted by Crippen LogP contribution is 2.19. The Balaban J connectivity index is 3.97. The fourth-order valence-electron chi connectivity index (χ4n) is 11.0. The Kier molecular flexibility index (Phi) is 65.1. The van der Waals surface area contributed by atoms with Gasteiger partial charge in [-0.25, -0.2) is 0 Å². The molecule has 6 heteroatoms. The van der Waals surface area contributed by atoms with E-state index in [0.29, 0.717) is 19.3 Å². The van der Waals surface area contributed by atoms with Gasteiger partial charge in [-0.2, -0.15) is 0 Å². The summed E-state index contributed by atoms with van der Waals surface area (Å²) >= 11 is 0. The Morgan fingerprint density at radius 2 is 0.429 bits per heavy atom. The summed E-state index contributed by atoms with van der Waals surface area (Å²) in [5.74, 6) is -0.838. The minimum Gasteiger partial charge on any atom is -0.462 e. The Labute approximate surface area is 481 Å². The summed E-state index contributed by atoms with van der Waals surface area (Å²) in [6, 6.07) is 0. The average molecular weight is 1090 g/mol. The van der Waals surface area contributed by atoms with Gasteiger partial charge in [-0.3, -0.25) is 14.4 Å². The number of hydrogen-bond donors (Lipinski definition) is 0. The molecule has 0 N–H and O–H groups in total. The molecule has 0 saturated carbocycles. The molecule has 0 aliphatic carbocycles. The zero-order valence-corrected chi connectivity index (χ0v) is 52.5. The Morgan fingerprint density at radius 3 is 0.649 bits per heavy atom. The van der Waals surface area contributed by atoms with Crippen molar-refractivity contribution in [2.75, 3.05) is 13.2 Å². The van der Waals surface area contributed by atoms with Crippen molar-refractivity contribution in [1.29, 1.82) is 0 Å². The van der Waals surface area contributed by atoms with Gasteiger partial charge in [0.25, 0.3) is 0 Å². The largest absolute Gasteiger partial charge is 0.462 e. The van der Waals surface area contributed by atoms with E-state index in [2.05, 4.69) is 32.9 Å². The van der Waals surface area contributed by atoms with Crippen molar-refractivity contribution in [3.8, 4) is 0 Å². The van der Waals surface area contributed by atoms with Crippen LogP contribution in [0.4, 0.5) is 0 Å². The van der Waals surface area contributed by atoms with Crippen LogP contribution in [-0.2, 0) is 28.6 Å². The predicted molar refractivity (Wildman–Crippen MR) is 335 cm³/mol. The van der Waals surface area contributed by atoms with Crippen molar-refractivity contribution in [1.82, 2.24) is 0 Å². The van der Waals surface area contributed by atoms with Gasteiger partial charge in [0.15, 0.2) is 6.10 Å². The first-order valence-electron chi connectivity index (χ1n) is 35.2. The van der Waals surface area contributed by atoms with E-state index in [9.17, 15) is 14.4 Å². The van der Waals surface area contributed by atoms with Crippen LogP contribution in [0, 0.1) is 0 Å². The third kappa shape index (κ3) is 64.9. The van der Waals surface area contributed by atoms with Crippen molar-refractivity contribution in [3.05, 3.63) is 12.2 Å². The molecule has 0 aliphatic rings. The first-order valence-corrected chi connectivity index (χ1v) is 35.2. The molecule has 0 aromatic rings. The van der Waals surface area contributed by atoms with Gasteiger partial charge >= 0.3 is 17.9 Å². The molecule has 456 valence electrons. The molecule has 0 heterocycles. The molecule has 0 spiro atoms. The molecular formula is C71H136O6. The number of carbonyl (C=O) groups excluding carboxylic acids is 3. The van der Waals surface area contributed by atoms with Crippen LogP contribution in [0.15, 0.2) is 12.2 Å². The quantitative estimate of drug-likeness (QED) is 0.0261. The predicted octanol–water partition coefficient (Wildman–Crippen LogP) is 24.0. The SMILES string of the molecule is CCCCCCCCCC/C=C\CCCCCCCCCCCCCCCCCCCCCC(=O)OCC(COC(=O)CCCCCCCCC)OC(=O)CCCCCCCCCCCCCCCCCCCCCCC. The van der Waals surface area contributed by atoms with E-state index in [1.54, 1.807) is 0 Å². The smallest absolute Gasteiger partial charge is 0.306 e. The monoisotopic (exact) mass is 1090 g/mol. The van der Waals surface area contributed by atoms with Crippen LogP contribution in [0.1, 0.15) is 406 Å². The van der Waals surface area contributed by atoms with Crippen LogP contribution in [0.2, 0.25) is 0 Å². The molecule has 0 aromatic heterocycles. The van der Waals surface area contributed by atoms with Gasteiger partial charge in [0.05, 0.1) is 0 Å². The van der Waals surface area contributed by atoms with E-state index in [1.807, 2.05) is 0 Å². The van der Waals surface area contributed by atoms with Gasteiger partial charge in [0.1, 0.15) is 13.2 Å². The minimum atomic E-state index is -0.763. The van der Waals surface area contributed by atoms with Crippen molar-refractivity contribution in [2.24, 2.45) is 0 Å². The van der Waals surface area contributed by atoms with Crippen molar-refractivity contribution in [3.63, 3.8) is 0 Å². The Bertz CT molecular complexity index is 1200. The highest BCUT2D eigenvalue weighted by Gasteiger charge is 2.19.